The summed E-state index contributed by atoms with van der Waals surface area (Å²) in [7, 11) is 1.61. The van der Waals surface area contributed by atoms with E-state index < -0.39 is 0 Å². The van der Waals surface area contributed by atoms with E-state index in [0.29, 0.717) is 24.5 Å². The highest BCUT2D eigenvalue weighted by Crippen LogP contribution is 2.28. The van der Waals surface area contributed by atoms with Crippen molar-refractivity contribution in [3.05, 3.63) is 59.7 Å². The fourth-order valence-electron chi connectivity index (χ4n) is 3.27. The van der Waals surface area contributed by atoms with Crippen LogP contribution in [0.4, 0.5) is 0 Å². The second-order valence-electron chi connectivity index (χ2n) is 7.70. The molecule has 168 valence electrons. The zero-order chi connectivity index (χ0) is 22.2. The molecule has 0 atom stereocenters. The topological polar surface area (TPSA) is 59.9 Å². The van der Waals surface area contributed by atoms with Crippen LogP contribution >= 0.6 is 0 Å². The van der Waals surface area contributed by atoms with Crippen LogP contribution in [0.25, 0.3) is 0 Å². The Morgan fingerprint density at radius 1 is 0.935 bits per heavy atom. The molecule has 0 aromatic heterocycles. The number of nitrogens with zero attached hydrogens (tertiary/aromatic N) is 1. The van der Waals surface area contributed by atoms with Crippen molar-refractivity contribution in [2.75, 3.05) is 7.11 Å². The van der Waals surface area contributed by atoms with Crippen molar-refractivity contribution in [1.29, 1.82) is 0 Å². The Balaban J connectivity index is 1.70. The van der Waals surface area contributed by atoms with Crippen molar-refractivity contribution >= 4 is 12.1 Å². The van der Waals surface area contributed by atoms with Crippen molar-refractivity contribution in [3.8, 4) is 11.5 Å². The first-order valence-corrected chi connectivity index (χ1v) is 11.4. The Morgan fingerprint density at radius 2 is 1.65 bits per heavy atom. The first-order chi connectivity index (χ1) is 15.2. The smallest absolute Gasteiger partial charge is 0.240 e. The minimum atomic E-state index is -0.0444. The van der Waals surface area contributed by atoms with Crippen LogP contribution in [-0.4, -0.2) is 19.2 Å². The van der Waals surface area contributed by atoms with Crippen LogP contribution in [0.15, 0.2) is 53.6 Å². The van der Waals surface area contributed by atoms with E-state index in [0.717, 1.165) is 24.0 Å². The zero-order valence-corrected chi connectivity index (χ0v) is 18.9. The zero-order valence-electron chi connectivity index (χ0n) is 18.9. The van der Waals surface area contributed by atoms with Crippen molar-refractivity contribution in [3.63, 3.8) is 0 Å². The SMILES string of the molecule is CCCCCCCCCCC(=O)N/N=C\c1ccc(OCc2ccccc2)c(OC)c1. The molecule has 0 bridgehead atoms. The molecule has 31 heavy (non-hydrogen) atoms. The molecule has 0 unspecified atom stereocenters. The van der Waals surface area contributed by atoms with E-state index in [1.54, 1.807) is 13.3 Å². The number of hydrogen-bond donors (Lipinski definition) is 1. The van der Waals surface area contributed by atoms with Gasteiger partial charge in [-0.25, -0.2) is 5.43 Å². The van der Waals surface area contributed by atoms with Gasteiger partial charge < -0.3 is 9.47 Å². The molecule has 0 heterocycles. The summed E-state index contributed by atoms with van der Waals surface area (Å²) in [6.45, 7) is 2.70. The van der Waals surface area contributed by atoms with Gasteiger partial charge in [0, 0.05) is 6.42 Å². The molecule has 2 aromatic rings. The number of rotatable bonds is 15. The monoisotopic (exact) mass is 424 g/mol. The van der Waals surface area contributed by atoms with E-state index in [9.17, 15) is 4.79 Å². The van der Waals surface area contributed by atoms with E-state index in [4.69, 9.17) is 9.47 Å². The number of nitrogens with one attached hydrogen (secondary N) is 1. The Labute approximate surface area is 186 Å². The Bertz CT molecular complexity index is 790. The predicted molar refractivity (Wildman–Crippen MR) is 127 cm³/mol. The summed E-state index contributed by atoms with van der Waals surface area (Å²) in [5.74, 6) is 1.25. The van der Waals surface area contributed by atoms with Crippen molar-refractivity contribution in [2.45, 2.75) is 71.3 Å². The molecule has 0 fully saturated rings. The van der Waals surface area contributed by atoms with Crippen LogP contribution in [0.1, 0.15) is 75.8 Å². The van der Waals surface area contributed by atoms with E-state index >= 15 is 0 Å². The van der Waals surface area contributed by atoms with Crippen molar-refractivity contribution in [1.82, 2.24) is 5.43 Å². The summed E-state index contributed by atoms with van der Waals surface area (Å²) in [4.78, 5) is 11.9. The van der Waals surface area contributed by atoms with Gasteiger partial charge in [-0.15, -0.1) is 0 Å². The number of hydrogen-bond acceptors (Lipinski definition) is 4. The third-order valence-electron chi connectivity index (χ3n) is 5.09. The number of carbonyl (C=O) groups excluding carboxylic acids is 1. The molecule has 1 N–H and O–H groups in total. The lowest BCUT2D eigenvalue weighted by atomic mass is 10.1. The molecule has 0 aliphatic carbocycles. The summed E-state index contributed by atoms with van der Waals surface area (Å²) < 4.78 is 11.3. The second kappa shape index (κ2) is 15.1. The van der Waals surface area contributed by atoms with Crippen LogP contribution in [0.2, 0.25) is 0 Å². The van der Waals surface area contributed by atoms with Gasteiger partial charge in [0.1, 0.15) is 6.61 Å². The molecule has 2 rings (SSSR count). The standard InChI is InChI=1S/C26H36N2O3/c1-3-4-5-6-7-8-9-13-16-26(29)28-27-20-23-17-18-24(25(19-23)30-2)31-21-22-14-11-10-12-15-22/h10-12,14-15,17-20H,3-9,13,16,21H2,1-2H3,(H,28,29)/b27-20-. The minimum Gasteiger partial charge on any atom is -0.493 e. The van der Waals surface area contributed by atoms with Crippen LogP contribution in [0.5, 0.6) is 11.5 Å². The molecular weight excluding hydrogens is 388 g/mol. The van der Waals surface area contributed by atoms with E-state index in [-0.39, 0.29) is 5.91 Å². The molecule has 0 radical (unpaired) electrons. The predicted octanol–water partition coefficient (Wildman–Crippen LogP) is 6.26. The Hall–Kier alpha value is -2.82. The highest BCUT2D eigenvalue weighted by atomic mass is 16.5. The molecule has 2 aromatic carbocycles. The maximum absolute atomic E-state index is 11.9. The van der Waals surface area contributed by atoms with Gasteiger partial charge in [0.15, 0.2) is 11.5 Å². The average Bonchev–Trinajstić information content (AvgIpc) is 2.80. The van der Waals surface area contributed by atoms with E-state index in [2.05, 4.69) is 17.5 Å². The van der Waals surface area contributed by atoms with Crippen molar-refractivity contribution < 1.29 is 14.3 Å². The van der Waals surface area contributed by atoms with Crippen molar-refractivity contribution in [2.24, 2.45) is 5.10 Å². The number of ether oxygens (including phenoxy) is 2. The number of hydrazone groups is 1. The quantitative estimate of drug-likeness (QED) is 0.209. The molecule has 5 nitrogen and oxygen atoms in total. The summed E-state index contributed by atoms with van der Waals surface area (Å²) >= 11 is 0. The van der Waals surface area contributed by atoms with Gasteiger partial charge in [0.25, 0.3) is 0 Å². The summed E-state index contributed by atoms with van der Waals surface area (Å²) in [6, 6.07) is 15.6. The molecule has 0 saturated carbocycles. The third kappa shape index (κ3) is 10.2. The van der Waals surface area contributed by atoms with Crippen LogP contribution in [-0.2, 0) is 11.4 Å². The van der Waals surface area contributed by atoms with Crippen LogP contribution in [0, 0.1) is 0 Å². The number of methoxy groups -OCH3 is 1. The van der Waals surface area contributed by atoms with Gasteiger partial charge in [-0.05, 0) is 35.7 Å². The molecule has 0 spiro atoms. The van der Waals surface area contributed by atoms with Gasteiger partial charge in [-0.2, -0.15) is 5.10 Å². The highest BCUT2D eigenvalue weighted by Gasteiger charge is 2.06. The first kappa shape index (κ1) is 24.4. The molecule has 0 aliphatic rings. The first-order valence-electron chi connectivity index (χ1n) is 11.4. The lowest BCUT2D eigenvalue weighted by Crippen LogP contribution is -2.16. The fraction of sp³-hybridized carbons (Fsp3) is 0.462. The third-order valence-corrected chi connectivity index (χ3v) is 5.09. The maximum atomic E-state index is 11.9. The Kier molecular flexibility index (Phi) is 11.9. The largest absolute Gasteiger partial charge is 0.493 e. The second-order valence-corrected chi connectivity index (χ2v) is 7.70. The van der Waals surface area contributed by atoms with Crippen LogP contribution < -0.4 is 14.9 Å². The van der Waals surface area contributed by atoms with Gasteiger partial charge >= 0.3 is 0 Å². The fourth-order valence-corrected chi connectivity index (χ4v) is 3.27. The number of benzene rings is 2. The normalized spacial score (nSPS) is 10.9. The minimum absolute atomic E-state index is 0.0444. The van der Waals surface area contributed by atoms with Gasteiger partial charge in [0.2, 0.25) is 5.91 Å². The van der Waals surface area contributed by atoms with Gasteiger partial charge in [-0.1, -0.05) is 82.2 Å². The van der Waals surface area contributed by atoms with Gasteiger partial charge in [-0.3, -0.25) is 4.79 Å². The molecule has 0 saturated heterocycles. The average molecular weight is 425 g/mol. The lowest BCUT2D eigenvalue weighted by Gasteiger charge is -2.11. The summed E-state index contributed by atoms with van der Waals surface area (Å²) in [5.41, 5.74) is 4.53. The summed E-state index contributed by atoms with van der Waals surface area (Å²) in [6.07, 6.45) is 11.9. The number of amides is 1. The van der Waals surface area contributed by atoms with E-state index in [1.807, 2.05) is 48.5 Å². The maximum Gasteiger partial charge on any atom is 0.240 e. The Morgan fingerprint density at radius 3 is 2.35 bits per heavy atom. The van der Waals surface area contributed by atoms with Gasteiger partial charge in [0.05, 0.1) is 13.3 Å². The molecular formula is C26H36N2O3. The molecule has 0 aliphatic heterocycles. The van der Waals surface area contributed by atoms with E-state index in [1.165, 1.54) is 38.5 Å². The van der Waals surface area contributed by atoms with Crippen LogP contribution in [0.3, 0.4) is 0 Å². The molecule has 1 amide bonds. The highest BCUT2D eigenvalue weighted by molar-refractivity contribution is 5.83. The molecule has 5 heteroatoms. The summed E-state index contributed by atoms with van der Waals surface area (Å²) in [5, 5.41) is 4.07. The number of unbranched alkanes of at least 4 members (excludes halogenated alkanes) is 7. The lowest BCUT2D eigenvalue weighted by molar-refractivity contribution is -0.121. The number of carbonyl (C=O) groups is 1.